The first-order valence-corrected chi connectivity index (χ1v) is 15.4. The van der Waals surface area contributed by atoms with E-state index in [2.05, 4.69) is 36.9 Å². The van der Waals surface area contributed by atoms with Crippen molar-refractivity contribution < 1.29 is 24.2 Å². The van der Waals surface area contributed by atoms with Crippen LogP contribution >= 0.6 is 12.6 Å². The average molecular weight is 616 g/mol. The van der Waals surface area contributed by atoms with Crippen LogP contribution in [0.5, 0.6) is 5.75 Å². The summed E-state index contributed by atoms with van der Waals surface area (Å²) in [4.78, 5) is 29.0. The molecule has 0 unspecified atom stereocenters. The van der Waals surface area contributed by atoms with Gasteiger partial charge in [0.15, 0.2) is 0 Å². The molecule has 0 bridgehead atoms. The Labute approximate surface area is 268 Å². The van der Waals surface area contributed by atoms with Gasteiger partial charge in [-0.05, 0) is 51.1 Å². The van der Waals surface area contributed by atoms with Crippen LogP contribution in [0.15, 0.2) is 133 Å². The van der Waals surface area contributed by atoms with Gasteiger partial charge < -0.3 is 14.6 Å². The lowest BCUT2D eigenvalue weighted by atomic mass is 9.75. The second kappa shape index (κ2) is 12.9. The van der Waals surface area contributed by atoms with E-state index in [0.717, 1.165) is 22.3 Å². The van der Waals surface area contributed by atoms with Crippen molar-refractivity contribution in [2.24, 2.45) is 0 Å². The molecule has 0 fully saturated rings. The number of nitrogens with zero attached hydrogens (tertiary/aromatic N) is 1. The Hall–Kier alpha value is -5.01. The summed E-state index contributed by atoms with van der Waals surface area (Å²) in [5, 5.41) is 10.6. The third-order valence-electron chi connectivity index (χ3n) is 8.55. The minimum absolute atomic E-state index is 0.0323. The van der Waals surface area contributed by atoms with Crippen molar-refractivity contribution in [3.63, 3.8) is 0 Å². The van der Waals surface area contributed by atoms with E-state index in [1.54, 1.807) is 7.11 Å². The lowest BCUT2D eigenvalue weighted by molar-refractivity contribution is -0.143. The molecular weight excluding hydrogens is 582 g/mol. The fourth-order valence-electron chi connectivity index (χ4n) is 6.54. The third kappa shape index (κ3) is 5.34. The maximum Gasteiger partial charge on any atom is 0.411 e. The van der Waals surface area contributed by atoms with Crippen LogP contribution in [0, 0.1) is 0 Å². The fraction of sp³-hybridized carbons (Fsp3) is 0.158. The van der Waals surface area contributed by atoms with Crippen LogP contribution in [0.4, 0.5) is 4.79 Å². The third-order valence-corrected chi connectivity index (χ3v) is 8.90. The number of benzene rings is 5. The summed E-state index contributed by atoms with van der Waals surface area (Å²) in [6.07, 6.45) is -0.762. The van der Waals surface area contributed by atoms with Crippen molar-refractivity contribution in [1.82, 2.24) is 4.90 Å². The van der Waals surface area contributed by atoms with Crippen LogP contribution in [0.3, 0.4) is 0 Å². The maximum absolute atomic E-state index is 14.7. The number of amides is 1. The van der Waals surface area contributed by atoms with Crippen LogP contribution in [-0.2, 0) is 15.1 Å². The summed E-state index contributed by atoms with van der Waals surface area (Å²) in [5.41, 5.74) is 5.00. The average Bonchev–Trinajstić information content (AvgIpc) is 3.41. The molecule has 0 aromatic heterocycles. The van der Waals surface area contributed by atoms with Crippen molar-refractivity contribution in [3.05, 3.63) is 161 Å². The van der Waals surface area contributed by atoms with Crippen molar-refractivity contribution >= 4 is 24.7 Å². The number of thiol groups is 1. The number of aliphatic carboxylic acids is 1. The topological polar surface area (TPSA) is 76.1 Å². The standard InChI is InChI=1S/C38H33NO5S/c1-43-29-22-20-28(21-23-29)38(26-12-4-2-5-13-26,27-14-6-3-7-15-27)39(35(25-45)36(40)41)37(42)44-24-34-32-18-10-8-16-30(32)31-17-9-11-19-33(31)34/h2-23,34-35,45H,24-25H2,1H3,(H,40,41)/t35-/m1/s1. The van der Waals surface area contributed by atoms with E-state index in [4.69, 9.17) is 9.47 Å². The zero-order valence-corrected chi connectivity index (χ0v) is 25.6. The molecule has 7 heteroatoms. The number of carboxylic acids is 1. The number of ether oxygens (including phenoxy) is 2. The number of methoxy groups -OCH3 is 1. The van der Waals surface area contributed by atoms with Gasteiger partial charge in [-0.15, -0.1) is 0 Å². The van der Waals surface area contributed by atoms with Gasteiger partial charge >= 0.3 is 12.1 Å². The van der Waals surface area contributed by atoms with E-state index in [-0.39, 0.29) is 18.3 Å². The molecule has 1 amide bonds. The summed E-state index contributed by atoms with van der Waals surface area (Å²) >= 11 is 4.47. The zero-order chi connectivity index (χ0) is 31.4. The molecule has 0 saturated carbocycles. The van der Waals surface area contributed by atoms with Crippen molar-refractivity contribution in [2.75, 3.05) is 19.5 Å². The molecule has 6 rings (SSSR count). The van der Waals surface area contributed by atoms with Gasteiger partial charge in [0.1, 0.15) is 23.9 Å². The molecule has 1 aliphatic carbocycles. The lowest BCUT2D eigenvalue weighted by Gasteiger charge is -2.47. The molecule has 0 radical (unpaired) electrons. The van der Waals surface area contributed by atoms with E-state index < -0.39 is 23.6 Å². The SMILES string of the molecule is COc1ccc(C(c2ccccc2)(c2ccccc2)N(C(=O)OCC2c3ccccc3-c3ccccc32)[C@H](CS)C(=O)O)cc1. The quantitative estimate of drug-likeness (QED) is 0.125. The monoisotopic (exact) mass is 615 g/mol. The van der Waals surface area contributed by atoms with Crippen molar-refractivity contribution in [2.45, 2.75) is 17.5 Å². The number of carbonyl (C=O) groups excluding carboxylic acids is 1. The van der Waals surface area contributed by atoms with Crippen molar-refractivity contribution in [1.29, 1.82) is 0 Å². The molecule has 6 nitrogen and oxygen atoms in total. The number of fused-ring (bicyclic) bond motifs is 3. The van der Waals surface area contributed by atoms with Gasteiger partial charge in [0.2, 0.25) is 0 Å². The highest BCUT2D eigenvalue weighted by molar-refractivity contribution is 7.80. The molecule has 0 heterocycles. The van der Waals surface area contributed by atoms with Crippen LogP contribution in [0.1, 0.15) is 33.7 Å². The first-order chi connectivity index (χ1) is 22.0. The molecule has 0 spiro atoms. The Morgan fingerprint density at radius 3 is 1.67 bits per heavy atom. The van der Waals surface area contributed by atoms with E-state index >= 15 is 0 Å². The Morgan fingerprint density at radius 2 is 1.20 bits per heavy atom. The Morgan fingerprint density at radius 1 is 0.733 bits per heavy atom. The molecule has 226 valence electrons. The number of carbonyl (C=O) groups is 2. The number of rotatable bonds is 10. The summed E-state index contributed by atoms with van der Waals surface area (Å²) < 4.78 is 11.7. The zero-order valence-electron chi connectivity index (χ0n) is 24.7. The molecule has 5 aromatic carbocycles. The number of hydrogen-bond acceptors (Lipinski definition) is 5. The molecule has 1 aliphatic rings. The summed E-state index contributed by atoms with van der Waals surface area (Å²) in [5.74, 6) is -0.906. The highest BCUT2D eigenvalue weighted by atomic mass is 32.1. The van der Waals surface area contributed by atoms with Crippen LogP contribution in [0.25, 0.3) is 11.1 Å². The summed E-state index contributed by atoms with van der Waals surface area (Å²) in [7, 11) is 1.58. The smallest absolute Gasteiger partial charge is 0.411 e. The first kappa shape index (κ1) is 30.0. The Bertz CT molecular complexity index is 1710. The molecule has 1 N–H and O–H groups in total. The van der Waals surface area contributed by atoms with Gasteiger partial charge in [-0.3, -0.25) is 4.90 Å². The molecule has 0 aliphatic heterocycles. The highest BCUT2D eigenvalue weighted by Gasteiger charge is 2.50. The predicted octanol–water partition coefficient (Wildman–Crippen LogP) is 7.62. The maximum atomic E-state index is 14.7. The van der Waals surface area contributed by atoms with Gasteiger partial charge in [0.05, 0.1) is 7.11 Å². The predicted molar refractivity (Wildman–Crippen MR) is 178 cm³/mol. The van der Waals surface area contributed by atoms with E-state index in [0.29, 0.717) is 22.4 Å². The van der Waals surface area contributed by atoms with E-state index in [9.17, 15) is 14.7 Å². The van der Waals surface area contributed by atoms with Gasteiger partial charge in [-0.1, -0.05) is 121 Å². The largest absolute Gasteiger partial charge is 0.497 e. The second-order valence-corrected chi connectivity index (χ2v) is 11.2. The van der Waals surface area contributed by atoms with Gasteiger partial charge in [0.25, 0.3) is 0 Å². The molecule has 5 aromatic rings. The molecule has 0 saturated heterocycles. The van der Waals surface area contributed by atoms with Gasteiger partial charge in [0, 0.05) is 11.7 Å². The number of carboxylic acid groups (broad SMARTS) is 1. The fourth-order valence-corrected chi connectivity index (χ4v) is 6.86. The highest BCUT2D eigenvalue weighted by Crippen LogP contribution is 2.47. The van der Waals surface area contributed by atoms with Gasteiger partial charge in [-0.25, -0.2) is 9.59 Å². The minimum Gasteiger partial charge on any atom is -0.497 e. The van der Waals surface area contributed by atoms with Crippen molar-refractivity contribution in [3.8, 4) is 16.9 Å². The summed E-state index contributed by atoms with van der Waals surface area (Å²) in [6, 6.07) is 41.1. The first-order valence-electron chi connectivity index (χ1n) is 14.7. The Kier molecular flexibility index (Phi) is 8.62. The minimum atomic E-state index is -1.40. The summed E-state index contributed by atoms with van der Waals surface area (Å²) in [6.45, 7) is 0.0323. The number of hydrogen-bond donors (Lipinski definition) is 2. The van der Waals surface area contributed by atoms with Crippen LogP contribution in [-0.4, -0.2) is 47.6 Å². The normalized spacial score (nSPS) is 12.9. The van der Waals surface area contributed by atoms with Gasteiger partial charge in [-0.2, -0.15) is 12.6 Å². The Balaban J connectivity index is 1.52. The molecule has 45 heavy (non-hydrogen) atoms. The van der Waals surface area contributed by atoms with Crippen LogP contribution < -0.4 is 4.74 Å². The van der Waals surface area contributed by atoms with Crippen LogP contribution in [0.2, 0.25) is 0 Å². The van der Waals surface area contributed by atoms with E-state index in [1.807, 2.05) is 109 Å². The molecular formula is C38H33NO5S. The molecule has 1 atom stereocenters. The lowest BCUT2D eigenvalue weighted by Crippen LogP contribution is -2.59. The second-order valence-electron chi connectivity index (χ2n) is 10.9. The van der Waals surface area contributed by atoms with E-state index in [1.165, 1.54) is 4.90 Å².